The fourth-order valence-corrected chi connectivity index (χ4v) is 6.05. The number of hydrogen-bond donors (Lipinski definition) is 1. The highest BCUT2D eigenvalue weighted by Gasteiger charge is 2.24. The monoisotopic (exact) mass is 641 g/mol. The first-order valence-electron chi connectivity index (χ1n) is 9.09. The molecule has 1 N–H and O–H groups in total. The Hall–Kier alpha value is -0.920. The first-order valence-corrected chi connectivity index (χ1v) is 12.7. The van der Waals surface area contributed by atoms with Crippen LogP contribution in [-0.2, 0) is 10.1 Å². The Labute approximate surface area is 197 Å². The van der Waals surface area contributed by atoms with Crippen LogP contribution in [0.5, 0.6) is 11.5 Å². The van der Waals surface area contributed by atoms with Crippen LogP contribution in [0.4, 0.5) is 0 Å². The lowest BCUT2D eigenvalue weighted by molar-refractivity contribution is 0.0727. The number of benzene rings is 2. The van der Waals surface area contributed by atoms with Crippen LogP contribution in [0, 0.1) is 14.1 Å². The van der Waals surface area contributed by atoms with Crippen molar-refractivity contribution in [2.75, 3.05) is 0 Å². The zero-order chi connectivity index (χ0) is 21.3. The lowest BCUT2D eigenvalue weighted by Gasteiger charge is -2.25. The van der Waals surface area contributed by atoms with E-state index in [0.29, 0.717) is 14.7 Å². The van der Waals surface area contributed by atoms with E-state index in [-0.39, 0.29) is 27.9 Å². The topological polar surface area (TPSA) is 104 Å². The van der Waals surface area contributed by atoms with Crippen molar-refractivity contribution in [1.29, 1.82) is 0 Å². The second kappa shape index (κ2) is 9.06. The summed E-state index contributed by atoms with van der Waals surface area (Å²) in [7, 11) is -4.65. The van der Waals surface area contributed by atoms with Crippen molar-refractivity contribution in [1.82, 2.24) is 0 Å². The van der Waals surface area contributed by atoms with E-state index in [4.69, 9.17) is 4.74 Å². The van der Waals surface area contributed by atoms with Crippen LogP contribution in [0.1, 0.15) is 59.5 Å². The molecule has 0 bridgehead atoms. The molecule has 0 unspecified atom stereocenters. The Morgan fingerprint density at radius 3 is 2.41 bits per heavy atom. The van der Waals surface area contributed by atoms with Gasteiger partial charge in [-0.15, -0.1) is 0 Å². The molecule has 0 atom stereocenters. The van der Waals surface area contributed by atoms with E-state index in [1.807, 2.05) is 22.6 Å². The number of hydrogen-bond acceptors (Lipinski definition) is 6. The van der Waals surface area contributed by atoms with E-state index in [1.165, 1.54) is 18.2 Å². The van der Waals surface area contributed by atoms with Crippen LogP contribution in [0.3, 0.4) is 0 Å². The Bertz CT molecular complexity index is 1030. The number of carbonyl (C=O) groups is 1. The van der Waals surface area contributed by atoms with Gasteiger partial charge in [-0.3, -0.25) is 0 Å². The standard InChI is InChI=1S/C20H20I2O6S/c1-11-15(21)10-16(22)18(23)19(11)28-20(24)13-7-8-17(29(25,26)27)14(9-13)12-5-3-2-4-6-12/h7-10,12,23H,2-6H2,1H3,(H,25,26,27)/p-1. The van der Waals surface area contributed by atoms with Crippen LogP contribution < -0.4 is 4.74 Å². The van der Waals surface area contributed by atoms with E-state index in [2.05, 4.69) is 22.6 Å². The minimum absolute atomic E-state index is 0.0750. The minimum atomic E-state index is -4.65. The molecule has 0 saturated heterocycles. The third-order valence-electron chi connectivity index (χ3n) is 5.15. The summed E-state index contributed by atoms with van der Waals surface area (Å²) in [6, 6.07) is 5.70. The average molecular weight is 641 g/mol. The summed E-state index contributed by atoms with van der Waals surface area (Å²) in [5.74, 6) is -0.841. The normalized spacial score (nSPS) is 15.3. The summed E-state index contributed by atoms with van der Waals surface area (Å²) in [4.78, 5) is 12.5. The van der Waals surface area contributed by atoms with Gasteiger partial charge in [-0.25, -0.2) is 13.2 Å². The summed E-state index contributed by atoms with van der Waals surface area (Å²) in [5.41, 5.74) is 1.15. The molecule has 2 aromatic carbocycles. The van der Waals surface area contributed by atoms with Gasteiger partial charge in [0.05, 0.1) is 14.0 Å². The molecule has 0 aromatic heterocycles. The highest BCUT2D eigenvalue weighted by Crippen LogP contribution is 2.39. The molecule has 29 heavy (non-hydrogen) atoms. The summed E-state index contributed by atoms with van der Waals surface area (Å²) < 4.78 is 42.0. The number of aromatic hydroxyl groups is 1. The third-order valence-corrected chi connectivity index (χ3v) is 8.00. The summed E-state index contributed by atoms with van der Waals surface area (Å²) in [6.07, 6.45) is 4.52. The zero-order valence-corrected chi connectivity index (χ0v) is 20.7. The van der Waals surface area contributed by atoms with Crippen LogP contribution >= 0.6 is 45.2 Å². The van der Waals surface area contributed by atoms with Gasteiger partial charge in [0.15, 0.2) is 11.5 Å². The van der Waals surface area contributed by atoms with Crippen LogP contribution in [0.15, 0.2) is 29.2 Å². The molecule has 1 aliphatic carbocycles. The molecule has 0 radical (unpaired) electrons. The van der Waals surface area contributed by atoms with Crippen LogP contribution in [0.25, 0.3) is 0 Å². The van der Waals surface area contributed by atoms with Gasteiger partial charge in [-0.1, -0.05) is 19.3 Å². The Balaban J connectivity index is 2.00. The highest BCUT2D eigenvalue weighted by molar-refractivity contribution is 14.1. The van der Waals surface area contributed by atoms with Gasteiger partial charge >= 0.3 is 5.97 Å². The van der Waals surface area contributed by atoms with Gasteiger partial charge in [-0.05, 0) is 101 Å². The molecule has 3 rings (SSSR count). The second-order valence-corrected chi connectivity index (χ2v) is 10.7. The van der Waals surface area contributed by atoms with Crippen LogP contribution in [0.2, 0.25) is 0 Å². The average Bonchev–Trinajstić information content (AvgIpc) is 2.69. The molecule has 6 nitrogen and oxygen atoms in total. The molecule has 0 amide bonds. The third kappa shape index (κ3) is 5.05. The molecule has 1 fully saturated rings. The van der Waals surface area contributed by atoms with E-state index < -0.39 is 16.1 Å². The summed E-state index contributed by atoms with van der Waals surface area (Å²) in [6.45, 7) is 1.74. The van der Waals surface area contributed by atoms with Crippen LogP contribution in [-0.4, -0.2) is 24.0 Å². The minimum Gasteiger partial charge on any atom is -0.744 e. The van der Waals surface area contributed by atoms with Gasteiger partial charge in [0.25, 0.3) is 0 Å². The van der Waals surface area contributed by atoms with Gasteiger partial charge in [0.1, 0.15) is 10.1 Å². The quantitative estimate of drug-likeness (QED) is 0.216. The predicted octanol–water partition coefficient (Wildman–Crippen LogP) is 5.08. The largest absolute Gasteiger partial charge is 0.744 e. The summed E-state index contributed by atoms with van der Waals surface area (Å²) >= 11 is 4.05. The van der Waals surface area contributed by atoms with Crippen molar-refractivity contribution in [3.63, 3.8) is 0 Å². The lowest BCUT2D eigenvalue weighted by Crippen LogP contribution is -2.15. The highest BCUT2D eigenvalue weighted by atomic mass is 127. The lowest BCUT2D eigenvalue weighted by atomic mass is 9.83. The van der Waals surface area contributed by atoms with Crippen molar-refractivity contribution >= 4 is 61.3 Å². The van der Waals surface area contributed by atoms with Gasteiger partial charge < -0.3 is 14.4 Å². The Morgan fingerprint density at radius 1 is 1.14 bits per heavy atom. The number of carbonyl (C=O) groups excluding carboxylic acids is 1. The Kier molecular flexibility index (Phi) is 7.11. The molecule has 1 saturated carbocycles. The van der Waals surface area contributed by atoms with Crippen molar-refractivity contribution in [3.8, 4) is 11.5 Å². The first kappa shape index (κ1) is 22.8. The number of phenols is 1. The number of phenolic OH excluding ortho intramolecular Hbond substituents is 1. The smallest absolute Gasteiger partial charge is 0.343 e. The van der Waals surface area contributed by atoms with Crippen molar-refractivity contribution in [2.45, 2.75) is 49.8 Å². The Morgan fingerprint density at radius 2 is 1.79 bits per heavy atom. The summed E-state index contributed by atoms with van der Waals surface area (Å²) in [5, 5.41) is 10.3. The van der Waals surface area contributed by atoms with E-state index in [9.17, 15) is 22.9 Å². The number of esters is 1. The van der Waals surface area contributed by atoms with E-state index in [0.717, 1.165) is 35.7 Å². The molecule has 156 valence electrons. The first-order chi connectivity index (χ1) is 13.6. The van der Waals surface area contributed by atoms with Gasteiger partial charge in [-0.2, -0.15) is 0 Å². The van der Waals surface area contributed by atoms with Crippen molar-refractivity contribution in [2.24, 2.45) is 0 Å². The molecular formula is C20H19I2O6S-. The maximum atomic E-state index is 12.8. The SMILES string of the molecule is Cc1c(I)cc(I)c(O)c1OC(=O)c1ccc(S(=O)(=O)[O-])c(C2CCCCC2)c1. The van der Waals surface area contributed by atoms with Gasteiger partial charge in [0.2, 0.25) is 0 Å². The molecule has 1 aliphatic rings. The fraction of sp³-hybridized carbons (Fsp3) is 0.350. The number of ether oxygens (including phenoxy) is 1. The van der Waals surface area contributed by atoms with Crippen molar-refractivity contribution < 1.29 is 27.6 Å². The van der Waals surface area contributed by atoms with E-state index >= 15 is 0 Å². The molecule has 0 spiro atoms. The zero-order valence-electron chi connectivity index (χ0n) is 15.6. The molecule has 2 aromatic rings. The molecule has 0 heterocycles. The number of halogens is 2. The second-order valence-electron chi connectivity index (χ2n) is 7.07. The van der Waals surface area contributed by atoms with Gasteiger partial charge in [0, 0.05) is 9.13 Å². The molecule has 0 aliphatic heterocycles. The predicted molar refractivity (Wildman–Crippen MR) is 123 cm³/mol. The molecular weight excluding hydrogens is 622 g/mol. The van der Waals surface area contributed by atoms with Crippen molar-refractivity contribution in [3.05, 3.63) is 48.1 Å². The maximum absolute atomic E-state index is 12.8. The maximum Gasteiger partial charge on any atom is 0.343 e. The van der Waals surface area contributed by atoms with E-state index in [1.54, 1.807) is 13.0 Å². The molecule has 9 heteroatoms. The number of rotatable bonds is 4. The fourth-order valence-electron chi connectivity index (χ4n) is 3.59.